The van der Waals surface area contributed by atoms with Crippen molar-refractivity contribution in [3.8, 4) is 5.95 Å². The zero-order valence-corrected chi connectivity index (χ0v) is 5.09. The van der Waals surface area contributed by atoms with Crippen molar-refractivity contribution in [3.05, 3.63) is 22.3 Å². The third kappa shape index (κ3) is 0.655. The smallest absolute Gasteiger partial charge is 0.419 e. The molecule has 1 aliphatic heterocycles. The maximum Gasteiger partial charge on any atom is 0.419 e. The van der Waals surface area contributed by atoms with Crippen LogP contribution in [0.2, 0.25) is 0 Å². The van der Waals surface area contributed by atoms with Gasteiger partial charge in [-0.3, -0.25) is 4.98 Å². The molecule has 0 unspecified atom stereocenters. The van der Waals surface area contributed by atoms with Crippen LogP contribution in [0.3, 0.4) is 0 Å². The average molecular weight is 139 g/mol. The molecule has 0 spiro atoms. The molecule has 0 amide bonds. The molecule has 2 heterocycles. The minimum Gasteiger partial charge on any atom is -0.459 e. The number of aromatic nitrogens is 1. The molecular weight excluding hydrogens is 134 g/mol. The molecule has 10 heavy (non-hydrogen) atoms. The van der Waals surface area contributed by atoms with Crippen molar-refractivity contribution in [3.63, 3.8) is 0 Å². The van der Waals surface area contributed by atoms with E-state index in [1.807, 2.05) is 0 Å². The first-order chi connectivity index (χ1) is 4.86. The zero-order valence-electron chi connectivity index (χ0n) is 5.09. The lowest BCUT2D eigenvalue weighted by Gasteiger charge is -2.02. The van der Waals surface area contributed by atoms with Crippen LogP contribution in [-0.2, 0) is 0 Å². The van der Waals surface area contributed by atoms with E-state index in [4.69, 9.17) is 4.74 Å². The summed E-state index contributed by atoms with van der Waals surface area (Å²) in [5.41, 5.74) is 0.608. The molecule has 4 heteroatoms. The molecule has 1 aliphatic rings. The average Bonchev–Trinajstić information content (AvgIpc) is 2.27. The Hall–Kier alpha value is -1.45. The van der Waals surface area contributed by atoms with E-state index in [1.54, 1.807) is 12.2 Å². The molecule has 0 saturated carbocycles. The van der Waals surface area contributed by atoms with Crippen LogP contribution < -0.4 is 10.5 Å². The van der Waals surface area contributed by atoms with Crippen molar-refractivity contribution in [2.45, 2.75) is 0 Å². The molecule has 1 aromatic rings. The first-order valence-electron chi connectivity index (χ1n) is 2.89. The molecular formula is C6H5NO3. The van der Waals surface area contributed by atoms with Crippen molar-refractivity contribution in [2.75, 3.05) is 6.61 Å². The lowest BCUT2D eigenvalue weighted by atomic mass is 10.4. The summed E-state index contributed by atoms with van der Waals surface area (Å²) in [7, 11) is 0. The molecule has 2 rings (SSSR count). The summed E-state index contributed by atoms with van der Waals surface area (Å²) < 4.78 is 9.58. The molecule has 0 bridgehead atoms. The highest BCUT2D eigenvalue weighted by Gasteiger charge is 2.10. The normalized spacial score (nSPS) is 14.4. The van der Waals surface area contributed by atoms with Crippen molar-refractivity contribution in [1.82, 2.24) is 4.98 Å². The van der Waals surface area contributed by atoms with Gasteiger partial charge in [0.1, 0.15) is 12.3 Å². The second kappa shape index (κ2) is 1.76. The van der Waals surface area contributed by atoms with E-state index >= 15 is 0 Å². The van der Waals surface area contributed by atoms with E-state index in [-0.39, 0.29) is 5.95 Å². The van der Waals surface area contributed by atoms with Gasteiger partial charge in [-0.15, -0.1) is 0 Å². The Bertz CT molecular complexity index is 320. The van der Waals surface area contributed by atoms with Crippen LogP contribution in [0, 0.1) is 0 Å². The molecule has 0 saturated heterocycles. The van der Waals surface area contributed by atoms with Gasteiger partial charge in [-0.25, -0.2) is 4.79 Å². The van der Waals surface area contributed by atoms with Gasteiger partial charge in [0.15, 0.2) is 0 Å². The quantitative estimate of drug-likeness (QED) is 0.565. The van der Waals surface area contributed by atoms with Crippen molar-refractivity contribution in [2.24, 2.45) is 0 Å². The summed E-state index contributed by atoms with van der Waals surface area (Å²) in [5.74, 6) is -0.191. The van der Waals surface area contributed by atoms with Gasteiger partial charge in [-0.05, 0) is 12.2 Å². The van der Waals surface area contributed by atoms with Crippen molar-refractivity contribution in [1.29, 1.82) is 0 Å². The highest BCUT2D eigenvalue weighted by atomic mass is 16.6. The van der Waals surface area contributed by atoms with Gasteiger partial charge < -0.3 is 9.15 Å². The third-order valence-electron chi connectivity index (χ3n) is 1.24. The number of hydrogen-bond acceptors (Lipinski definition) is 3. The van der Waals surface area contributed by atoms with Gasteiger partial charge in [0.25, 0.3) is 0 Å². The fraction of sp³-hybridized carbons (Fsp3) is 0.167. The Labute approximate surface area is 56.1 Å². The first-order valence-corrected chi connectivity index (χ1v) is 2.89. The van der Waals surface area contributed by atoms with Gasteiger partial charge in [0, 0.05) is 0 Å². The number of H-pyrrole nitrogens is 1. The number of oxazole rings is 1. The first kappa shape index (κ1) is 5.34. The maximum atomic E-state index is 10.5. The Kier molecular flexibility index (Phi) is 0.943. The minimum absolute atomic E-state index is 0.285. The number of fused-ring (bicyclic) bond motifs is 1. The van der Waals surface area contributed by atoms with E-state index in [9.17, 15) is 4.79 Å². The fourth-order valence-electron chi connectivity index (χ4n) is 0.832. The second-order valence-corrected chi connectivity index (χ2v) is 1.93. The van der Waals surface area contributed by atoms with Crippen LogP contribution in [0.1, 0.15) is 5.69 Å². The maximum absolute atomic E-state index is 10.5. The third-order valence-corrected chi connectivity index (χ3v) is 1.24. The highest BCUT2D eigenvalue weighted by molar-refractivity contribution is 5.50. The van der Waals surface area contributed by atoms with Gasteiger partial charge in [0.2, 0.25) is 0 Å². The van der Waals surface area contributed by atoms with E-state index in [0.29, 0.717) is 12.3 Å². The topological polar surface area (TPSA) is 55.2 Å². The van der Waals surface area contributed by atoms with Crippen LogP contribution in [0.4, 0.5) is 0 Å². The Morgan fingerprint density at radius 3 is 3.30 bits per heavy atom. The minimum atomic E-state index is -0.475. The lowest BCUT2D eigenvalue weighted by molar-refractivity contribution is 0.261. The van der Waals surface area contributed by atoms with Crippen LogP contribution in [0.5, 0.6) is 5.95 Å². The summed E-state index contributed by atoms with van der Waals surface area (Å²) in [5, 5.41) is 0. The Balaban J connectivity index is 2.63. The van der Waals surface area contributed by atoms with Crippen molar-refractivity contribution >= 4 is 6.08 Å². The SMILES string of the molecule is O=c1[nH]c2c(o1)OCC=C2. The predicted molar refractivity (Wildman–Crippen MR) is 33.9 cm³/mol. The molecule has 0 radical (unpaired) electrons. The monoisotopic (exact) mass is 139 g/mol. The van der Waals surface area contributed by atoms with Gasteiger partial charge in [-0.1, -0.05) is 0 Å². The molecule has 0 aliphatic carbocycles. The summed E-state index contributed by atoms with van der Waals surface area (Å²) in [6, 6.07) is 0. The molecule has 52 valence electrons. The van der Waals surface area contributed by atoms with E-state index < -0.39 is 5.76 Å². The number of aromatic amines is 1. The van der Waals surface area contributed by atoms with Crippen molar-refractivity contribution < 1.29 is 9.15 Å². The van der Waals surface area contributed by atoms with Crippen LogP contribution in [-0.4, -0.2) is 11.6 Å². The van der Waals surface area contributed by atoms with Gasteiger partial charge in [-0.2, -0.15) is 0 Å². The van der Waals surface area contributed by atoms with Crippen LogP contribution in [0.15, 0.2) is 15.3 Å². The highest BCUT2D eigenvalue weighted by Crippen LogP contribution is 2.18. The number of nitrogens with one attached hydrogen (secondary N) is 1. The molecule has 1 aromatic heterocycles. The van der Waals surface area contributed by atoms with Crippen LogP contribution >= 0.6 is 0 Å². The zero-order chi connectivity index (χ0) is 6.97. The van der Waals surface area contributed by atoms with E-state index in [2.05, 4.69) is 9.40 Å². The second-order valence-electron chi connectivity index (χ2n) is 1.93. The summed E-state index contributed by atoms with van der Waals surface area (Å²) in [6.45, 7) is 0.466. The van der Waals surface area contributed by atoms with E-state index in [1.165, 1.54) is 0 Å². The Morgan fingerprint density at radius 2 is 2.50 bits per heavy atom. The Morgan fingerprint density at radius 1 is 1.60 bits per heavy atom. The van der Waals surface area contributed by atoms with E-state index in [0.717, 1.165) is 0 Å². The molecule has 1 N–H and O–H groups in total. The number of ether oxygens (including phenoxy) is 1. The standard InChI is InChI=1S/C6H5NO3/c8-6-7-4-2-1-3-9-5(4)10-6/h1-2H,3H2,(H,7,8). The molecule has 4 nitrogen and oxygen atoms in total. The number of hydrogen-bond donors (Lipinski definition) is 1. The van der Waals surface area contributed by atoms with Gasteiger partial charge >= 0.3 is 11.7 Å². The van der Waals surface area contributed by atoms with Gasteiger partial charge in [0.05, 0.1) is 0 Å². The molecule has 0 fully saturated rings. The van der Waals surface area contributed by atoms with Crippen LogP contribution in [0.25, 0.3) is 6.08 Å². The largest absolute Gasteiger partial charge is 0.459 e. The lowest BCUT2D eigenvalue weighted by Crippen LogP contribution is -1.97. The summed E-state index contributed by atoms with van der Waals surface area (Å²) in [4.78, 5) is 13.0. The predicted octanol–water partition coefficient (Wildman–Crippen LogP) is 0.373. The molecule has 0 aromatic carbocycles. The molecule has 0 atom stereocenters. The summed E-state index contributed by atoms with van der Waals surface area (Å²) >= 11 is 0. The number of rotatable bonds is 0. The fourth-order valence-corrected chi connectivity index (χ4v) is 0.832. The summed E-state index contributed by atoms with van der Waals surface area (Å²) in [6.07, 6.45) is 3.55.